The van der Waals surface area contributed by atoms with E-state index >= 15 is 0 Å². The predicted octanol–water partition coefficient (Wildman–Crippen LogP) is 4.39. The van der Waals surface area contributed by atoms with Gasteiger partial charge in [-0.2, -0.15) is 0 Å². The Hall–Kier alpha value is -0.350. The Morgan fingerprint density at radius 3 is 2.27 bits per heavy atom. The molecule has 0 bridgehead atoms. The van der Waals surface area contributed by atoms with Gasteiger partial charge in [0.05, 0.1) is 0 Å². The van der Waals surface area contributed by atoms with Gasteiger partial charge in [-0.25, -0.2) is 0 Å². The maximum atomic E-state index is 2.33. The van der Waals surface area contributed by atoms with Gasteiger partial charge >= 0.3 is 0 Å². The number of rotatable bonds is 7. The SMILES string of the molecule is CCCCCCP(CC)c1ccccc1. The van der Waals surface area contributed by atoms with Crippen molar-refractivity contribution in [1.29, 1.82) is 0 Å². The molecule has 1 aromatic carbocycles. The standard InChI is InChI=1S/C14H23P/c1-3-5-6-10-13-15(4-2)14-11-8-7-9-12-14/h7-9,11-12H,3-6,10,13H2,1-2H3. The highest BCUT2D eigenvalue weighted by Gasteiger charge is 2.06. The van der Waals surface area contributed by atoms with Crippen LogP contribution in [0.4, 0.5) is 0 Å². The lowest BCUT2D eigenvalue weighted by Gasteiger charge is -2.15. The molecule has 0 radical (unpaired) electrons. The van der Waals surface area contributed by atoms with Crippen LogP contribution in [0.25, 0.3) is 0 Å². The summed E-state index contributed by atoms with van der Waals surface area (Å²) < 4.78 is 0. The molecular formula is C14H23P. The minimum absolute atomic E-state index is 0.130. The summed E-state index contributed by atoms with van der Waals surface area (Å²) in [5, 5.41) is 1.59. The van der Waals surface area contributed by atoms with Gasteiger partial charge in [0.1, 0.15) is 0 Å². The maximum Gasteiger partial charge on any atom is -0.0240 e. The quantitative estimate of drug-likeness (QED) is 0.474. The van der Waals surface area contributed by atoms with Crippen molar-refractivity contribution >= 4 is 13.2 Å². The van der Waals surface area contributed by atoms with E-state index in [4.69, 9.17) is 0 Å². The minimum atomic E-state index is 0.130. The fraction of sp³-hybridized carbons (Fsp3) is 0.571. The van der Waals surface area contributed by atoms with Gasteiger partial charge in [-0.3, -0.25) is 0 Å². The molecule has 0 heterocycles. The molecule has 0 fully saturated rings. The van der Waals surface area contributed by atoms with Crippen molar-refractivity contribution in [2.45, 2.75) is 39.5 Å². The highest BCUT2D eigenvalue weighted by molar-refractivity contribution is 7.65. The van der Waals surface area contributed by atoms with Crippen LogP contribution in [0.2, 0.25) is 0 Å². The monoisotopic (exact) mass is 222 g/mol. The molecule has 0 aliphatic heterocycles. The van der Waals surface area contributed by atoms with Gasteiger partial charge in [0, 0.05) is 0 Å². The third kappa shape index (κ3) is 4.80. The first-order valence-corrected chi connectivity index (χ1v) is 7.89. The van der Waals surface area contributed by atoms with Crippen LogP contribution in [0, 0.1) is 0 Å². The molecule has 0 aromatic heterocycles. The third-order valence-corrected chi connectivity index (χ3v) is 5.43. The normalized spacial score (nSPS) is 12.7. The fourth-order valence-electron chi connectivity index (χ4n) is 1.84. The van der Waals surface area contributed by atoms with Crippen LogP contribution in [0.15, 0.2) is 30.3 Å². The van der Waals surface area contributed by atoms with Crippen molar-refractivity contribution < 1.29 is 0 Å². The average Bonchev–Trinajstić information content (AvgIpc) is 2.30. The summed E-state index contributed by atoms with van der Waals surface area (Å²) in [4.78, 5) is 0. The van der Waals surface area contributed by atoms with Gasteiger partial charge in [0.15, 0.2) is 0 Å². The molecule has 0 nitrogen and oxygen atoms in total. The molecule has 1 atom stereocenters. The summed E-state index contributed by atoms with van der Waals surface area (Å²) in [6.45, 7) is 4.61. The second kappa shape index (κ2) is 7.88. The molecule has 1 unspecified atom stereocenters. The Kier molecular flexibility index (Phi) is 6.68. The lowest BCUT2D eigenvalue weighted by atomic mass is 10.2. The Bertz CT molecular complexity index is 243. The van der Waals surface area contributed by atoms with Crippen molar-refractivity contribution in [3.8, 4) is 0 Å². The van der Waals surface area contributed by atoms with Crippen molar-refractivity contribution in [2.24, 2.45) is 0 Å². The van der Waals surface area contributed by atoms with Crippen LogP contribution < -0.4 is 5.30 Å². The molecule has 0 aliphatic rings. The molecule has 1 aromatic rings. The second-order valence-corrected chi connectivity index (χ2v) is 6.65. The largest absolute Gasteiger partial charge is 0.0756 e. The summed E-state index contributed by atoms with van der Waals surface area (Å²) >= 11 is 0. The molecular weight excluding hydrogens is 199 g/mol. The molecule has 0 aliphatic carbocycles. The van der Waals surface area contributed by atoms with Gasteiger partial charge in [-0.1, -0.05) is 71.4 Å². The zero-order valence-electron chi connectivity index (χ0n) is 10.1. The first-order chi connectivity index (χ1) is 7.38. The molecule has 0 N–H and O–H groups in total. The second-order valence-electron chi connectivity index (χ2n) is 3.98. The van der Waals surface area contributed by atoms with Crippen molar-refractivity contribution in [3.63, 3.8) is 0 Å². The Morgan fingerprint density at radius 2 is 1.67 bits per heavy atom. The summed E-state index contributed by atoms with van der Waals surface area (Å²) in [7, 11) is 0.130. The Balaban J connectivity index is 2.36. The molecule has 84 valence electrons. The zero-order valence-corrected chi connectivity index (χ0v) is 11.0. The summed E-state index contributed by atoms with van der Waals surface area (Å²) in [6, 6.07) is 11.1. The first-order valence-electron chi connectivity index (χ1n) is 6.18. The van der Waals surface area contributed by atoms with E-state index in [0.29, 0.717) is 0 Å². The molecule has 0 amide bonds. The summed E-state index contributed by atoms with van der Waals surface area (Å²) in [5.41, 5.74) is 0. The molecule has 1 rings (SSSR count). The Labute approximate surface area is 95.9 Å². The summed E-state index contributed by atoms with van der Waals surface area (Å²) in [5.74, 6) is 0. The van der Waals surface area contributed by atoms with Crippen LogP contribution >= 0.6 is 7.92 Å². The zero-order chi connectivity index (χ0) is 10.9. The average molecular weight is 222 g/mol. The van der Waals surface area contributed by atoms with Gasteiger partial charge in [0.2, 0.25) is 0 Å². The number of unbranched alkanes of at least 4 members (excludes halogenated alkanes) is 3. The van der Waals surface area contributed by atoms with E-state index in [1.54, 1.807) is 5.30 Å². The topological polar surface area (TPSA) is 0 Å². The molecule has 0 saturated carbocycles. The van der Waals surface area contributed by atoms with Crippen LogP contribution in [0.3, 0.4) is 0 Å². The van der Waals surface area contributed by atoms with E-state index in [2.05, 4.69) is 44.2 Å². The molecule has 15 heavy (non-hydrogen) atoms. The van der Waals surface area contributed by atoms with E-state index in [1.807, 2.05) is 0 Å². The first kappa shape index (κ1) is 12.7. The van der Waals surface area contributed by atoms with Crippen LogP contribution in [-0.2, 0) is 0 Å². The molecule has 1 heteroatoms. The smallest absolute Gasteiger partial charge is 0.0240 e. The summed E-state index contributed by atoms with van der Waals surface area (Å²) in [6.07, 6.45) is 8.35. The maximum absolute atomic E-state index is 2.33. The van der Waals surface area contributed by atoms with Crippen molar-refractivity contribution in [2.75, 3.05) is 12.3 Å². The highest BCUT2D eigenvalue weighted by atomic mass is 31.1. The Morgan fingerprint density at radius 1 is 0.933 bits per heavy atom. The predicted molar refractivity (Wildman–Crippen MR) is 72.5 cm³/mol. The fourth-order valence-corrected chi connectivity index (χ4v) is 3.98. The van der Waals surface area contributed by atoms with Crippen molar-refractivity contribution in [3.05, 3.63) is 30.3 Å². The highest BCUT2D eigenvalue weighted by Crippen LogP contribution is 2.34. The van der Waals surface area contributed by atoms with E-state index in [-0.39, 0.29) is 7.92 Å². The van der Waals surface area contributed by atoms with Crippen LogP contribution in [0.1, 0.15) is 39.5 Å². The third-order valence-electron chi connectivity index (χ3n) is 2.78. The van der Waals surface area contributed by atoms with E-state index in [1.165, 1.54) is 38.0 Å². The van der Waals surface area contributed by atoms with Gasteiger partial charge in [0.25, 0.3) is 0 Å². The minimum Gasteiger partial charge on any atom is -0.0756 e. The number of hydrogen-bond donors (Lipinski definition) is 0. The van der Waals surface area contributed by atoms with Crippen LogP contribution in [0.5, 0.6) is 0 Å². The van der Waals surface area contributed by atoms with Crippen molar-refractivity contribution in [1.82, 2.24) is 0 Å². The van der Waals surface area contributed by atoms with E-state index < -0.39 is 0 Å². The number of hydrogen-bond acceptors (Lipinski definition) is 0. The molecule has 0 spiro atoms. The van der Waals surface area contributed by atoms with Gasteiger partial charge in [-0.05, 0) is 24.0 Å². The van der Waals surface area contributed by atoms with E-state index in [9.17, 15) is 0 Å². The lowest BCUT2D eigenvalue weighted by molar-refractivity contribution is 0.705. The van der Waals surface area contributed by atoms with Gasteiger partial charge in [-0.15, -0.1) is 0 Å². The van der Waals surface area contributed by atoms with Gasteiger partial charge < -0.3 is 0 Å². The lowest BCUT2D eigenvalue weighted by Crippen LogP contribution is -2.04. The van der Waals surface area contributed by atoms with Crippen LogP contribution in [-0.4, -0.2) is 12.3 Å². The van der Waals surface area contributed by atoms with E-state index in [0.717, 1.165) is 0 Å². The number of benzene rings is 1. The molecule has 0 saturated heterocycles.